The summed E-state index contributed by atoms with van der Waals surface area (Å²) in [5.74, 6) is -0.587. The van der Waals surface area contributed by atoms with Crippen LogP contribution in [0.2, 0.25) is 10.0 Å². The standard InChI is InChI=1S/C25H20Cl2N2O3S/c1-14-5-4-6-19(15(14)2)28-22-23(33-18-10-7-16(26)8-11-18)25(31)29(24(22)30)20-13-17(27)9-12-21(20)32-3/h4-13,28H,1-3H3. The Morgan fingerprint density at radius 3 is 2.30 bits per heavy atom. The molecule has 0 unspecified atom stereocenters. The molecule has 0 fully saturated rings. The van der Waals surface area contributed by atoms with Crippen molar-refractivity contribution in [3.05, 3.63) is 92.4 Å². The molecule has 0 saturated heterocycles. The Bertz CT molecular complexity index is 1290. The number of halogens is 2. The summed E-state index contributed by atoms with van der Waals surface area (Å²) in [6.07, 6.45) is 0. The van der Waals surface area contributed by atoms with Gasteiger partial charge in [0.05, 0.1) is 12.8 Å². The monoisotopic (exact) mass is 498 g/mol. The van der Waals surface area contributed by atoms with Crippen LogP contribution in [0.25, 0.3) is 0 Å². The minimum absolute atomic E-state index is 0.190. The quantitative estimate of drug-likeness (QED) is 0.387. The maximum Gasteiger partial charge on any atom is 0.283 e. The third-order valence-electron chi connectivity index (χ3n) is 5.32. The largest absolute Gasteiger partial charge is 0.495 e. The first-order chi connectivity index (χ1) is 15.8. The third kappa shape index (κ3) is 4.60. The Morgan fingerprint density at radius 2 is 1.61 bits per heavy atom. The number of amides is 2. The number of rotatable bonds is 6. The fourth-order valence-electron chi connectivity index (χ4n) is 3.41. The number of methoxy groups -OCH3 is 1. The van der Waals surface area contributed by atoms with Crippen molar-refractivity contribution in [3.8, 4) is 5.75 Å². The van der Waals surface area contributed by atoms with Crippen molar-refractivity contribution in [1.82, 2.24) is 0 Å². The molecule has 8 heteroatoms. The lowest BCUT2D eigenvalue weighted by Gasteiger charge is -2.19. The van der Waals surface area contributed by atoms with Crippen LogP contribution in [0.1, 0.15) is 11.1 Å². The van der Waals surface area contributed by atoms with Crippen LogP contribution in [-0.2, 0) is 9.59 Å². The number of imide groups is 1. The summed E-state index contributed by atoms with van der Waals surface area (Å²) < 4.78 is 5.40. The first-order valence-electron chi connectivity index (χ1n) is 10.0. The van der Waals surface area contributed by atoms with E-state index in [0.717, 1.165) is 26.6 Å². The highest BCUT2D eigenvalue weighted by atomic mass is 35.5. The van der Waals surface area contributed by atoms with Crippen LogP contribution in [0.5, 0.6) is 5.75 Å². The number of carbonyl (C=O) groups is 2. The smallest absolute Gasteiger partial charge is 0.283 e. The highest BCUT2D eigenvalue weighted by Crippen LogP contribution is 2.41. The lowest BCUT2D eigenvalue weighted by molar-refractivity contribution is -0.120. The highest BCUT2D eigenvalue weighted by molar-refractivity contribution is 8.04. The lowest BCUT2D eigenvalue weighted by Crippen LogP contribution is -2.32. The summed E-state index contributed by atoms with van der Waals surface area (Å²) in [5, 5.41) is 4.18. The number of benzene rings is 3. The molecular formula is C25H20Cl2N2O3S. The van der Waals surface area contributed by atoms with Gasteiger partial charge in [0.1, 0.15) is 16.4 Å². The van der Waals surface area contributed by atoms with Crippen molar-refractivity contribution >= 4 is 58.2 Å². The van der Waals surface area contributed by atoms with Crippen molar-refractivity contribution in [2.24, 2.45) is 0 Å². The summed E-state index contributed by atoms with van der Waals surface area (Å²) in [6, 6.07) is 17.6. The van der Waals surface area contributed by atoms with E-state index in [1.54, 1.807) is 42.5 Å². The molecule has 0 saturated carbocycles. The average molecular weight is 499 g/mol. The Balaban J connectivity index is 1.81. The summed E-state index contributed by atoms with van der Waals surface area (Å²) in [4.78, 5) is 29.3. The number of ether oxygens (including phenoxy) is 1. The van der Waals surface area contributed by atoms with Crippen molar-refractivity contribution in [1.29, 1.82) is 0 Å². The van der Waals surface area contributed by atoms with Crippen LogP contribution in [0.3, 0.4) is 0 Å². The van der Waals surface area contributed by atoms with Gasteiger partial charge in [-0.15, -0.1) is 0 Å². The number of thioether (sulfide) groups is 1. The fraction of sp³-hybridized carbons (Fsp3) is 0.120. The SMILES string of the molecule is COc1ccc(Cl)cc1N1C(=O)C(Nc2cccc(C)c2C)=C(Sc2ccc(Cl)cc2)C1=O. The number of aryl methyl sites for hydroxylation is 1. The molecule has 0 bridgehead atoms. The van der Waals surface area contributed by atoms with Crippen molar-refractivity contribution < 1.29 is 14.3 Å². The molecule has 5 nitrogen and oxygen atoms in total. The second kappa shape index (κ2) is 9.51. The van der Waals surface area contributed by atoms with Gasteiger partial charge in [-0.1, -0.05) is 47.1 Å². The molecule has 0 atom stereocenters. The van der Waals surface area contributed by atoms with E-state index in [-0.39, 0.29) is 16.3 Å². The van der Waals surface area contributed by atoms with Gasteiger partial charge < -0.3 is 10.1 Å². The van der Waals surface area contributed by atoms with E-state index in [2.05, 4.69) is 5.32 Å². The first-order valence-corrected chi connectivity index (χ1v) is 11.6. The normalized spacial score (nSPS) is 13.7. The molecule has 1 aliphatic rings. The van der Waals surface area contributed by atoms with E-state index in [0.29, 0.717) is 15.8 Å². The van der Waals surface area contributed by atoms with Gasteiger partial charge >= 0.3 is 0 Å². The fourth-order valence-corrected chi connectivity index (χ4v) is 4.63. The number of carbonyl (C=O) groups excluding carboxylic acids is 2. The van der Waals surface area contributed by atoms with E-state index in [1.807, 2.05) is 32.0 Å². The number of anilines is 2. The summed E-state index contributed by atoms with van der Waals surface area (Å²) in [6.45, 7) is 3.95. The van der Waals surface area contributed by atoms with Gasteiger partial charge in [-0.05, 0) is 73.5 Å². The maximum atomic E-state index is 13.6. The van der Waals surface area contributed by atoms with Crippen molar-refractivity contribution in [3.63, 3.8) is 0 Å². The molecule has 1 aliphatic heterocycles. The van der Waals surface area contributed by atoms with Crippen LogP contribution in [0, 0.1) is 13.8 Å². The van der Waals surface area contributed by atoms with Crippen molar-refractivity contribution in [2.45, 2.75) is 18.7 Å². The molecule has 33 heavy (non-hydrogen) atoms. The van der Waals surface area contributed by atoms with Gasteiger partial charge in [-0.3, -0.25) is 9.59 Å². The van der Waals surface area contributed by atoms with Crippen LogP contribution >= 0.6 is 35.0 Å². The molecule has 3 aromatic rings. The van der Waals surface area contributed by atoms with Gasteiger partial charge in [0, 0.05) is 20.6 Å². The van der Waals surface area contributed by atoms with Gasteiger partial charge in [0.15, 0.2) is 0 Å². The number of hydrogen-bond donors (Lipinski definition) is 1. The minimum Gasteiger partial charge on any atom is -0.495 e. The summed E-state index contributed by atoms with van der Waals surface area (Å²) >= 11 is 13.4. The van der Waals surface area contributed by atoms with Gasteiger partial charge in [0.25, 0.3) is 11.8 Å². The van der Waals surface area contributed by atoms with Crippen LogP contribution in [-0.4, -0.2) is 18.9 Å². The third-order valence-corrected chi connectivity index (χ3v) is 6.90. The molecule has 2 amide bonds. The van der Waals surface area contributed by atoms with Crippen molar-refractivity contribution in [2.75, 3.05) is 17.3 Å². The molecule has 1 heterocycles. The first kappa shape index (κ1) is 23.2. The van der Waals surface area contributed by atoms with Gasteiger partial charge in [-0.2, -0.15) is 0 Å². The zero-order valence-corrected chi connectivity index (χ0v) is 20.4. The van der Waals surface area contributed by atoms with Gasteiger partial charge in [0.2, 0.25) is 0 Å². The van der Waals surface area contributed by atoms with E-state index >= 15 is 0 Å². The average Bonchev–Trinajstić information content (AvgIpc) is 3.02. The molecule has 168 valence electrons. The second-order valence-corrected chi connectivity index (χ2v) is 9.35. The molecule has 0 radical (unpaired) electrons. The zero-order valence-electron chi connectivity index (χ0n) is 18.1. The van der Waals surface area contributed by atoms with Gasteiger partial charge in [-0.25, -0.2) is 4.90 Å². The molecular weight excluding hydrogens is 479 g/mol. The Morgan fingerprint density at radius 1 is 0.909 bits per heavy atom. The molecule has 0 spiro atoms. The molecule has 1 N–H and O–H groups in total. The lowest BCUT2D eigenvalue weighted by atomic mass is 10.1. The summed E-state index contributed by atoms with van der Waals surface area (Å²) in [7, 11) is 1.48. The number of nitrogens with one attached hydrogen (secondary N) is 1. The molecule has 4 rings (SSSR count). The predicted octanol–water partition coefficient (Wildman–Crippen LogP) is 6.61. The minimum atomic E-state index is -0.488. The Labute approximate surface area is 206 Å². The van der Waals surface area contributed by atoms with E-state index in [9.17, 15) is 9.59 Å². The summed E-state index contributed by atoms with van der Waals surface area (Å²) in [5.41, 5.74) is 3.28. The van der Waals surface area contributed by atoms with Crippen LogP contribution < -0.4 is 15.0 Å². The Kier molecular flexibility index (Phi) is 6.70. The number of hydrogen-bond acceptors (Lipinski definition) is 5. The van der Waals surface area contributed by atoms with E-state index in [4.69, 9.17) is 27.9 Å². The Hall–Kier alpha value is -2.93. The highest BCUT2D eigenvalue weighted by Gasteiger charge is 2.41. The molecule has 0 aliphatic carbocycles. The second-order valence-electron chi connectivity index (χ2n) is 7.39. The maximum absolute atomic E-state index is 13.6. The van der Waals surface area contributed by atoms with E-state index < -0.39 is 11.8 Å². The van der Waals surface area contributed by atoms with Crippen LogP contribution in [0.4, 0.5) is 11.4 Å². The molecule has 0 aromatic heterocycles. The topological polar surface area (TPSA) is 58.6 Å². The zero-order chi connectivity index (χ0) is 23.7. The molecule has 3 aromatic carbocycles. The predicted molar refractivity (Wildman–Crippen MR) is 134 cm³/mol. The number of nitrogens with zero attached hydrogens (tertiary/aromatic N) is 1. The van der Waals surface area contributed by atoms with Crippen LogP contribution in [0.15, 0.2) is 76.2 Å². The van der Waals surface area contributed by atoms with E-state index in [1.165, 1.54) is 18.9 Å².